The number of nitrogens with zero attached hydrogens (tertiary/aromatic N) is 2. The molecule has 3 nitrogen and oxygen atoms in total. The summed E-state index contributed by atoms with van der Waals surface area (Å²) in [5.41, 5.74) is 4.15. The van der Waals surface area contributed by atoms with Crippen molar-refractivity contribution in [3.63, 3.8) is 0 Å². The van der Waals surface area contributed by atoms with Gasteiger partial charge in [-0.2, -0.15) is 0 Å². The molecular formula is C33H26N2O. The van der Waals surface area contributed by atoms with Gasteiger partial charge in [-0.3, -0.25) is 0 Å². The summed E-state index contributed by atoms with van der Waals surface area (Å²) in [6.07, 6.45) is 2.98. The molecule has 0 saturated carbocycles. The summed E-state index contributed by atoms with van der Waals surface area (Å²) < 4.78 is 2.14. The van der Waals surface area contributed by atoms with Gasteiger partial charge in [0.05, 0.1) is 12.0 Å². The molecule has 1 atom stereocenters. The molecule has 0 amide bonds. The monoisotopic (exact) mass is 466 g/mol. The van der Waals surface area contributed by atoms with Gasteiger partial charge in [-0.15, -0.1) is 0 Å². The van der Waals surface area contributed by atoms with Crippen LogP contribution in [0.25, 0.3) is 10.8 Å². The summed E-state index contributed by atoms with van der Waals surface area (Å²) in [7, 11) is 0. The minimum atomic E-state index is -0.850. The Kier molecular flexibility index (Phi) is 5.68. The first-order chi connectivity index (χ1) is 17.8. The first kappa shape index (κ1) is 22.0. The van der Waals surface area contributed by atoms with Crippen LogP contribution in [0.2, 0.25) is 0 Å². The molecule has 0 fully saturated rings. The number of benzene rings is 5. The van der Waals surface area contributed by atoms with E-state index < -0.39 is 11.6 Å². The summed E-state index contributed by atoms with van der Waals surface area (Å²) in [5.74, 6) is 0. The molecule has 0 spiro atoms. The largest absolute Gasteiger partial charge is 0.382 e. The second-order valence-corrected chi connectivity index (χ2v) is 8.99. The highest BCUT2D eigenvalue weighted by molar-refractivity contribution is 5.86. The maximum atomic E-state index is 11.5. The van der Waals surface area contributed by atoms with Gasteiger partial charge in [-0.1, -0.05) is 133 Å². The molecule has 36 heavy (non-hydrogen) atoms. The Balaban J connectivity index is 1.57. The van der Waals surface area contributed by atoms with E-state index in [-0.39, 0.29) is 0 Å². The number of hydrogen-bond donors (Lipinski definition) is 1. The lowest BCUT2D eigenvalue weighted by molar-refractivity contribution is 0.217. The predicted octanol–water partition coefficient (Wildman–Crippen LogP) is 6.96. The molecule has 0 aliphatic heterocycles. The second kappa shape index (κ2) is 9.29. The van der Waals surface area contributed by atoms with Crippen molar-refractivity contribution in [3.05, 3.63) is 174 Å². The molecule has 1 heterocycles. The van der Waals surface area contributed by atoms with E-state index >= 15 is 0 Å². The van der Waals surface area contributed by atoms with Crippen molar-refractivity contribution in [2.45, 2.75) is 11.6 Å². The van der Waals surface area contributed by atoms with Crippen LogP contribution in [0.15, 0.2) is 146 Å². The first-order valence-electron chi connectivity index (χ1n) is 12.1. The Labute approximate surface area is 211 Å². The molecule has 6 rings (SSSR count). The summed E-state index contributed by atoms with van der Waals surface area (Å²) in [5, 5.41) is 13.6. The van der Waals surface area contributed by atoms with Gasteiger partial charge in [0.25, 0.3) is 0 Å². The van der Waals surface area contributed by atoms with Crippen LogP contribution in [0.5, 0.6) is 0 Å². The van der Waals surface area contributed by atoms with Gasteiger partial charge >= 0.3 is 0 Å². The lowest BCUT2D eigenvalue weighted by atomic mass is 9.77. The third kappa shape index (κ3) is 3.62. The minimum absolute atomic E-state index is 0.610. The normalized spacial score (nSPS) is 12.5. The van der Waals surface area contributed by atoms with Gasteiger partial charge in [-0.05, 0) is 33.0 Å². The fourth-order valence-electron chi connectivity index (χ4n) is 5.30. The van der Waals surface area contributed by atoms with E-state index in [0.717, 1.165) is 33.0 Å². The van der Waals surface area contributed by atoms with Gasteiger partial charge in [0.15, 0.2) is 0 Å². The molecule has 0 aliphatic carbocycles. The van der Waals surface area contributed by atoms with Crippen LogP contribution in [-0.2, 0) is 5.54 Å². The zero-order valence-electron chi connectivity index (χ0n) is 19.8. The first-order valence-corrected chi connectivity index (χ1v) is 12.1. The number of fused-ring (bicyclic) bond motifs is 1. The van der Waals surface area contributed by atoms with Gasteiger partial charge in [-0.25, -0.2) is 4.98 Å². The average molecular weight is 467 g/mol. The summed E-state index contributed by atoms with van der Waals surface area (Å²) >= 11 is 0. The molecule has 174 valence electrons. The quantitative estimate of drug-likeness (QED) is 0.270. The molecular weight excluding hydrogens is 440 g/mol. The van der Waals surface area contributed by atoms with Crippen LogP contribution in [0, 0.1) is 0 Å². The topological polar surface area (TPSA) is 38.0 Å². The summed E-state index contributed by atoms with van der Waals surface area (Å²) in [6.45, 7) is 0. The van der Waals surface area contributed by atoms with Gasteiger partial charge in [0.2, 0.25) is 0 Å². The highest BCUT2D eigenvalue weighted by Gasteiger charge is 2.38. The molecule has 5 aromatic carbocycles. The summed E-state index contributed by atoms with van der Waals surface area (Å²) in [4.78, 5) is 4.75. The molecule has 1 aromatic heterocycles. The minimum Gasteiger partial charge on any atom is -0.382 e. The van der Waals surface area contributed by atoms with E-state index in [0.29, 0.717) is 5.69 Å². The van der Waals surface area contributed by atoms with E-state index in [1.807, 2.05) is 61.1 Å². The maximum Gasteiger partial charge on any atom is 0.123 e. The van der Waals surface area contributed by atoms with Crippen molar-refractivity contribution in [1.82, 2.24) is 9.55 Å². The zero-order chi connectivity index (χ0) is 24.4. The van der Waals surface area contributed by atoms with Gasteiger partial charge < -0.3 is 9.67 Å². The van der Waals surface area contributed by atoms with Crippen LogP contribution in [0.3, 0.4) is 0 Å². The third-order valence-electron chi connectivity index (χ3n) is 6.96. The predicted molar refractivity (Wildman–Crippen MR) is 145 cm³/mol. The fourth-order valence-corrected chi connectivity index (χ4v) is 5.30. The van der Waals surface area contributed by atoms with Crippen molar-refractivity contribution in [2.24, 2.45) is 0 Å². The molecule has 1 N–H and O–H groups in total. The number of imidazole rings is 1. The van der Waals surface area contributed by atoms with Gasteiger partial charge in [0, 0.05) is 6.20 Å². The Morgan fingerprint density at radius 3 is 1.67 bits per heavy atom. The van der Waals surface area contributed by atoms with Crippen LogP contribution in [-0.4, -0.2) is 14.7 Å². The highest BCUT2D eigenvalue weighted by atomic mass is 16.3. The maximum absolute atomic E-state index is 11.5. The second-order valence-electron chi connectivity index (χ2n) is 8.99. The molecule has 0 saturated heterocycles. The van der Waals surface area contributed by atoms with Gasteiger partial charge in [0.1, 0.15) is 11.6 Å². The third-order valence-corrected chi connectivity index (χ3v) is 6.96. The van der Waals surface area contributed by atoms with E-state index in [9.17, 15) is 5.11 Å². The van der Waals surface area contributed by atoms with Crippen molar-refractivity contribution < 1.29 is 5.11 Å². The molecule has 0 bridgehead atoms. The van der Waals surface area contributed by atoms with Crippen LogP contribution >= 0.6 is 0 Å². The molecule has 0 aliphatic rings. The molecule has 3 heteroatoms. The highest BCUT2D eigenvalue weighted by Crippen LogP contribution is 2.41. The van der Waals surface area contributed by atoms with E-state index in [4.69, 9.17) is 4.98 Å². The van der Waals surface area contributed by atoms with Crippen LogP contribution in [0.4, 0.5) is 0 Å². The SMILES string of the molecule is O[C@H](c1cn(C(c2ccccc2)(c2ccccc2)c2ccccc2)cn1)c1cccc2ccccc12. The number of rotatable bonds is 6. The Morgan fingerprint density at radius 2 is 1.08 bits per heavy atom. The van der Waals surface area contributed by atoms with Crippen LogP contribution in [0.1, 0.15) is 34.1 Å². The fraction of sp³-hybridized carbons (Fsp3) is 0.0606. The number of aliphatic hydroxyl groups excluding tert-OH is 1. The molecule has 6 aromatic rings. The van der Waals surface area contributed by atoms with E-state index in [1.54, 1.807) is 0 Å². The molecule has 0 unspecified atom stereocenters. The average Bonchev–Trinajstić information content (AvgIpc) is 3.45. The van der Waals surface area contributed by atoms with E-state index in [2.05, 4.69) is 89.5 Å². The standard InChI is InChI=1S/C33H26N2O/c36-32(30-22-12-14-25-13-10-11-21-29(25)30)31-23-35(24-34-31)33(26-15-4-1-5-16-26,27-17-6-2-7-18-27)28-19-8-3-9-20-28/h1-24,32,36H/t32-/m0/s1. The number of aliphatic hydroxyl groups is 1. The Hall–Kier alpha value is -4.47. The van der Waals surface area contributed by atoms with Crippen LogP contribution < -0.4 is 0 Å². The lowest BCUT2D eigenvalue weighted by Gasteiger charge is -2.37. The zero-order valence-corrected chi connectivity index (χ0v) is 19.8. The lowest BCUT2D eigenvalue weighted by Crippen LogP contribution is -2.37. The summed E-state index contributed by atoms with van der Waals surface area (Å²) in [6, 6.07) is 45.6. The Morgan fingerprint density at radius 1 is 0.583 bits per heavy atom. The van der Waals surface area contributed by atoms with Crippen molar-refractivity contribution in [2.75, 3.05) is 0 Å². The molecule has 0 radical (unpaired) electrons. The number of aromatic nitrogens is 2. The Bertz CT molecular complexity index is 1490. The van der Waals surface area contributed by atoms with E-state index in [1.165, 1.54) is 0 Å². The number of hydrogen-bond acceptors (Lipinski definition) is 2. The van der Waals surface area contributed by atoms with Crippen molar-refractivity contribution in [1.29, 1.82) is 0 Å². The van der Waals surface area contributed by atoms with Crippen molar-refractivity contribution in [3.8, 4) is 0 Å². The smallest absolute Gasteiger partial charge is 0.123 e. The van der Waals surface area contributed by atoms with Crippen molar-refractivity contribution >= 4 is 10.8 Å².